The van der Waals surface area contributed by atoms with Gasteiger partial charge in [-0.3, -0.25) is 0 Å². The molecule has 0 N–H and O–H groups in total. The highest BCUT2D eigenvalue weighted by atomic mass is 79.9. The van der Waals surface area contributed by atoms with Crippen LogP contribution >= 0.6 is 15.9 Å². The molecule has 0 radical (unpaired) electrons. The summed E-state index contributed by atoms with van der Waals surface area (Å²) >= 11 is 2.78. The van der Waals surface area contributed by atoms with Gasteiger partial charge in [0.1, 0.15) is 11.6 Å². The van der Waals surface area contributed by atoms with Crippen molar-refractivity contribution in [2.75, 3.05) is 7.11 Å². The molecular formula is C8H4BrF3N2O2. The molecule has 8 heteroatoms. The number of pyridine rings is 1. The normalized spacial score (nSPS) is 10.8. The lowest BCUT2D eigenvalue weighted by Gasteiger charge is -2.13. The molecule has 0 aliphatic rings. The lowest BCUT2D eigenvalue weighted by atomic mass is 10.2. The number of alkyl halides is 3. The number of ether oxygens (including phenoxy) is 2. The van der Waals surface area contributed by atoms with Gasteiger partial charge in [0.25, 0.3) is 0 Å². The molecule has 1 aromatic heterocycles. The Morgan fingerprint density at radius 2 is 2.06 bits per heavy atom. The lowest BCUT2D eigenvalue weighted by Crippen LogP contribution is -2.18. The number of hydrogen-bond donors (Lipinski definition) is 0. The van der Waals surface area contributed by atoms with E-state index in [1.165, 1.54) is 0 Å². The smallest absolute Gasteiger partial charge is 0.491 e. The molecule has 0 saturated heterocycles. The molecule has 0 aliphatic heterocycles. The summed E-state index contributed by atoms with van der Waals surface area (Å²) in [4.78, 5) is 3.53. The van der Waals surface area contributed by atoms with Crippen molar-refractivity contribution in [2.24, 2.45) is 0 Å². The maximum Gasteiger partial charge on any atom is 0.573 e. The van der Waals surface area contributed by atoms with Crippen LogP contribution in [0.25, 0.3) is 0 Å². The Hall–Kier alpha value is -1.49. The first-order valence-corrected chi connectivity index (χ1v) is 4.56. The van der Waals surface area contributed by atoms with Gasteiger partial charge in [-0.2, -0.15) is 5.26 Å². The molecule has 86 valence electrons. The van der Waals surface area contributed by atoms with Gasteiger partial charge in [0.15, 0.2) is 10.4 Å². The fourth-order valence-corrected chi connectivity index (χ4v) is 1.30. The molecule has 0 aromatic carbocycles. The molecule has 1 heterocycles. The molecule has 0 spiro atoms. The molecule has 4 nitrogen and oxygen atoms in total. The number of rotatable bonds is 2. The van der Waals surface area contributed by atoms with Crippen molar-refractivity contribution in [2.45, 2.75) is 6.36 Å². The van der Waals surface area contributed by atoms with Crippen molar-refractivity contribution in [1.29, 1.82) is 5.26 Å². The predicted octanol–water partition coefficient (Wildman–Crippen LogP) is 2.62. The first-order chi connectivity index (χ1) is 7.39. The van der Waals surface area contributed by atoms with Gasteiger partial charge >= 0.3 is 6.36 Å². The van der Waals surface area contributed by atoms with Crippen LogP contribution < -0.4 is 9.47 Å². The average molecular weight is 297 g/mol. The minimum atomic E-state index is -4.88. The summed E-state index contributed by atoms with van der Waals surface area (Å²) in [5.41, 5.74) is -0.148. The second kappa shape index (κ2) is 4.57. The maximum atomic E-state index is 12.1. The summed E-state index contributed by atoms with van der Waals surface area (Å²) in [7, 11) is 1.13. The highest BCUT2D eigenvalue weighted by Gasteiger charge is 2.34. The van der Waals surface area contributed by atoms with Gasteiger partial charge in [0, 0.05) is 0 Å². The van der Waals surface area contributed by atoms with Crippen molar-refractivity contribution >= 4 is 15.9 Å². The third-order valence-corrected chi connectivity index (χ3v) is 2.05. The van der Waals surface area contributed by atoms with E-state index in [-0.39, 0.29) is 15.9 Å². The van der Waals surface area contributed by atoms with E-state index in [0.717, 1.165) is 13.3 Å². The van der Waals surface area contributed by atoms with E-state index < -0.39 is 12.1 Å². The highest BCUT2D eigenvalue weighted by molar-refractivity contribution is 9.10. The third-order valence-electron chi connectivity index (χ3n) is 1.49. The van der Waals surface area contributed by atoms with E-state index in [4.69, 9.17) is 5.26 Å². The summed E-state index contributed by atoms with van der Waals surface area (Å²) in [6, 6.07) is 1.64. The zero-order valence-electron chi connectivity index (χ0n) is 7.80. The largest absolute Gasteiger partial charge is 0.573 e. The number of nitrogens with zero attached hydrogens (tertiary/aromatic N) is 2. The topological polar surface area (TPSA) is 55.1 Å². The van der Waals surface area contributed by atoms with Crippen molar-refractivity contribution in [3.63, 3.8) is 0 Å². The Morgan fingerprint density at radius 3 is 2.50 bits per heavy atom. The van der Waals surface area contributed by atoms with Crippen LogP contribution in [0.3, 0.4) is 0 Å². The highest BCUT2D eigenvalue weighted by Crippen LogP contribution is 2.39. The molecule has 0 amide bonds. The van der Waals surface area contributed by atoms with Crippen LogP contribution in [0.15, 0.2) is 10.8 Å². The van der Waals surface area contributed by atoms with Crippen LogP contribution in [-0.4, -0.2) is 18.5 Å². The lowest BCUT2D eigenvalue weighted by molar-refractivity contribution is -0.275. The summed E-state index contributed by atoms with van der Waals surface area (Å²) in [6.45, 7) is 0. The minimum Gasteiger partial charge on any atom is -0.491 e. The van der Waals surface area contributed by atoms with Gasteiger partial charge < -0.3 is 9.47 Å². The minimum absolute atomic E-state index is 0.148. The van der Waals surface area contributed by atoms with Gasteiger partial charge in [-0.15, -0.1) is 13.2 Å². The van der Waals surface area contributed by atoms with Crippen LogP contribution in [0.1, 0.15) is 5.56 Å². The third kappa shape index (κ3) is 2.76. The second-order valence-corrected chi connectivity index (χ2v) is 3.24. The predicted molar refractivity (Wildman–Crippen MR) is 49.9 cm³/mol. The summed E-state index contributed by atoms with van der Waals surface area (Å²) < 4.78 is 44.4. The van der Waals surface area contributed by atoms with Gasteiger partial charge in [0.2, 0.25) is 5.75 Å². The van der Waals surface area contributed by atoms with E-state index in [1.807, 2.05) is 0 Å². The second-order valence-electron chi connectivity index (χ2n) is 2.48. The standard InChI is InChI=1S/C8H4BrF3N2O2/c1-15-5-4(2-13)3-14-7(9)6(5)16-8(10,11)12/h3H,1H3. The average Bonchev–Trinajstić information content (AvgIpc) is 2.19. The molecule has 0 unspecified atom stereocenters. The van der Waals surface area contributed by atoms with Crippen LogP contribution in [-0.2, 0) is 0 Å². The van der Waals surface area contributed by atoms with E-state index in [2.05, 4.69) is 30.4 Å². The molecule has 16 heavy (non-hydrogen) atoms. The van der Waals surface area contributed by atoms with Gasteiger partial charge in [-0.25, -0.2) is 4.98 Å². The number of nitriles is 1. The quantitative estimate of drug-likeness (QED) is 0.787. The maximum absolute atomic E-state index is 12.1. The molecule has 0 fully saturated rings. The van der Waals surface area contributed by atoms with Gasteiger partial charge in [-0.05, 0) is 15.9 Å². The molecular weight excluding hydrogens is 293 g/mol. The van der Waals surface area contributed by atoms with Crippen molar-refractivity contribution in [3.05, 3.63) is 16.4 Å². The number of halogens is 4. The van der Waals surface area contributed by atoms with Crippen LogP contribution in [0.4, 0.5) is 13.2 Å². The fourth-order valence-electron chi connectivity index (χ4n) is 0.941. The molecule has 1 aromatic rings. The van der Waals surface area contributed by atoms with Gasteiger partial charge in [-0.1, -0.05) is 0 Å². The zero-order chi connectivity index (χ0) is 12.3. The molecule has 1 rings (SSSR count). The Morgan fingerprint density at radius 1 is 1.44 bits per heavy atom. The molecule has 0 bridgehead atoms. The number of aromatic nitrogens is 1. The van der Waals surface area contributed by atoms with E-state index in [9.17, 15) is 13.2 Å². The molecule has 0 saturated carbocycles. The van der Waals surface area contributed by atoms with E-state index in [1.54, 1.807) is 6.07 Å². The van der Waals surface area contributed by atoms with Crippen molar-refractivity contribution < 1.29 is 22.6 Å². The monoisotopic (exact) mass is 296 g/mol. The Bertz CT molecular complexity index is 442. The first-order valence-electron chi connectivity index (χ1n) is 3.77. The zero-order valence-corrected chi connectivity index (χ0v) is 9.39. The number of methoxy groups -OCH3 is 1. The first kappa shape index (κ1) is 12.6. The van der Waals surface area contributed by atoms with Crippen LogP contribution in [0, 0.1) is 11.3 Å². The number of hydrogen-bond acceptors (Lipinski definition) is 4. The van der Waals surface area contributed by atoms with Crippen LogP contribution in [0.5, 0.6) is 11.5 Å². The summed E-state index contributed by atoms with van der Waals surface area (Å²) in [5, 5.41) is 8.64. The van der Waals surface area contributed by atoms with Crippen molar-refractivity contribution in [3.8, 4) is 17.6 Å². The SMILES string of the molecule is COc1c(C#N)cnc(Br)c1OC(F)(F)F. The van der Waals surface area contributed by atoms with E-state index in [0.29, 0.717) is 0 Å². The Labute approximate surface area is 96.7 Å². The molecule has 0 aliphatic carbocycles. The van der Waals surface area contributed by atoms with Crippen molar-refractivity contribution in [1.82, 2.24) is 4.98 Å². The van der Waals surface area contributed by atoms with E-state index >= 15 is 0 Å². The summed E-state index contributed by atoms with van der Waals surface area (Å²) in [6.07, 6.45) is -3.81. The fraction of sp³-hybridized carbons (Fsp3) is 0.250. The van der Waals surface area contributed by atoms with Gasteiger partial charge in [0.05, 0.1) is 13.3 Å². The summed E-state index contributed by atoms with van der Waals surface area (Å²) in [5.74, 6) is -0.990. The molecule has 0 atom stereocenters. The Balaban J connectivity index is 3.30. The van der Waals surface area contributed by atoms with Crippen LogP contribution in [0.2, 0.25) is 0 Å². The Kier molecular flexibility index (Phi) is 3.59.